The van der Waals surface area contributed by atoms with Crippen molar-refractivity contribution in [2.75, 3.05) is 26.2 Å². The molecular formula is C23H28N2O3. The molecule has 2 aliphatic rings. The predicted molar refractivity (Wildman–Crippen MR) is 110 cm³/mol. The Morgan fingerprint density at radius 2 is 2.04 bits per heavy atom. The fourth-order valence-corrected chi connectivity index (χ4v) is 4.65. The summed E-state index contributed by atoms with van der Waals surface area (Å²) in [6, 6.07) is 13.5. The molecule has 2 bridgehead atoms. The molecule has 0 amide bonds. The maximum Gasteiger partial charge on any atom is 0.250 e. The highest BCUT2D eigenvalue weighted by molar-refractivity contribution is 5.34. The second kappa shape index (κ2) is 8.33. The molecule has 1 aromatic heterocycles. The molecule has 0 saturated carbocycles. The number of hydrogen-bond acceptors (Lipinski definition) is 4. The first kappa shape index (κ1) is 19.0. The number of nitrogens with zero attached hydrogens (tertiary/aromatic N) is 2. The maximum absolute atomic E-state index is 12.1. The highest BCUT2D eigenvalue weighted by atomic mass is 16.5. The molecule has 0 radical (unpaired) electrons. The van der Waals surface area contributed by atoms with Crippen LogP contribution in [-0.4, -0.2) is 46.9 Å². The zero-order valence-electron chi connectivity index (χ0n) is 16.2. The van der Waals surface area contributed by atoms with Crippen LogP contribution >= 0.6 is 0 Å². The zero-order valence-corrected chi connectivity index (χ0v) is 16.2. The summed E-state index contributed by atoms with van der Waals surface area (Å²) in [4.78, 5) is 14.5. The number of aliphatic hydroxyl groups is 1. The molecule has 0 spiro atoms. The summed E-state index contributed by atoms with van der Waals surface area (Å²) >= 11 is 0. The van der Waals surface area contributed by atoms with Gasteiger partial charge in [0, 0.05) is 43.9 Å². The molecule has 5 heteroatoms. The van der Waals surface area contributed by atoms with Crippen LogP contribution in [0.15, 0.2) is 59.9 Å². The number of likely N-dealkylation sites (tertiary alicyclic amines) is 1. The maximum atomic E-state index is 12.1. The fourth-order valence-electron chi connectivity index (χ4n) is 4.65. The van der Waals surface area contributed by atoms with Crippen molar-refractivity contribution in [2.24, 2.45) is 5.92 Å². The van der Waals surface area contributed by atoms with Crippen LogP contribution in [0.4, 0.5) is 0 Å². The third-order valence-electron chi connectivity index (χ3n) is 5.79. The summed E-state index contributed by atoms with van der Waals surface area (Å²) in [7, 11) is 0. The molecule has 0 aliphatic carbocycles. The SMILES string of the molecule is C=CCc1ccccc1OCC(O)CN1C[C@H]2C[C@@H](C1)c1cccc(=O)n1C2. The number of hydrogen-bond donors (Lipinski definition) is 1. The largest absolute Gasteiger partial charge is 0.491 e. The molecule has 2 aliphatic heterocycles. The summed E-state index contributed by atoms with van der Waals surface area (Å²) < 4.78 is 7.83. The first-order valence-corrected chi connectivity index (χ1v) is 10.1. The van der Waals surface area contributed by atoms with Crippen LogP contribution in [0, 0.1) is 5.92 Å². The molecule has 4 rings (SSSR count). The highest BCUT2D eigenvalue weighted by Crippen LogP contribution is 2.34. The third kappa shape index (κ3) is 4.05. The number of pyridine rings is 1. The predicted octanol–water partition coefficient (Wildman–Crippen LogP) is 2.44. The first-order valence-electron chi connectivity index (χ1n) is 10.1. The Labute approximate surface area is 165 Å². The highest BCUT2D eigenvalue weighted by Gasteiger charge is 2.34. The van der Waals surface area contributed by atoms with Crippen LogP contribution in [-0.2, 0) is 13.0 Å². The van der Waals surface area contributed by atoms with Crippen LogP contribution in [0.3, 0.4) is 0 Å². The lowest BCUT2D eigenvalue weighted by atomic mass is 9.83. The van der Waals surface area contributed by atoms with Gasteiger partial charge < -0.3 is 14.4 Å². The summed E-state index contributed by atoms with van der Waals surface area (Å²) in [5.41, 5.74) is 2.32. The van der Waals surface area contributed by atoms with E-state index in [9.17, 15) is 9.90 Å². The molecule has 1 saturated heterocycles. The third-order valence-corrected chi connectivity index (χ3v) is 5.79. The number of fused-ring (bicyclic) bond motifs is 4. The molecule has 3 atom stereocenters. The van der Waals surface area contributed by atoms with Crippen molar-refractivity contribution in [1.29, 1.82) is 0 Å². The lowest BCUT2D eigenvalue weighted by molar-refractivity contribution is 0.0382. The van der Waals surface area contributed by atoms with E-state index in [2.05, 4.69) is 17.5 Å². The number of para-hydroxylation sites is 1. The first-order chi connectivity index (χ1) is 13.6. The summed E-state index contributed by atoms with van der Waals surface area (Å²) in [6.07, 6.45) is 3.18. The van der Waals surface area contributed by atoms with Crippen molar-refractivity contribution >= 4 is 0 Å². The van der Waals surface area contributed by atoms with Crippen molar-refractivity contribution in [1.82, 2.24) is 9.47 Å². The lowest BCUT2D eigenvalue weighted by Gasteiger charge is -2.43. The van der Waals surface area contributed by atoms with E-state index in [1.807, 2.05) is 41.0 Å². The number of aromatic nitrogens is 1. The molecule has 1 unspecified atom stereocenters. The summed E-state index contributed by atoms with van der Waals surface area (Å²) in [5, 5.41) is 10.5. The Bertz CT molecular complexity index is 891. The molecule has 1 N–H and O–H groups in total. The number of piperidine rings is 1. The molecule has 2 aromatic rings. The van der Waals surface area contributed by atoms with E-state index in [0.717, 1.165) is 49.5 Å². The molecule has 1 fully saturated rings. The minimum atomic E-state index is -0.548. The minimum absolute atomic E-state index is 0.104. The van der Waals surface area contributed by atoms with E-state index in [1.54, 1.807) is 6.07 Å². The van der Waals surface area contributed by atoms with E-state index in [-0.39, 0.29) is 12.2 Å². The molecule has 5 nitrogen and oxygen atoms in total. The number of rotatable bonds is 7. The Kier molecular flexibility index (Phi) is 5.64. The van der Waals surface area contributed by atoms with E-state index in [4.69, 9.17) is 4.74 Å². The summed E-state index contributed by atoms with van der Waals surface area (Å²) in [5.74, 6) is 1.64. The quantitative estimate of drug-likeness (QED) is 0.750. The Morgan fingerprint density at radius 1 is 1.18 bits per heavy atom. The van der Waals surface area contributed by atoms with Gasteiger partial charge in [-0.25, -0.2) is 0 Å². The molecular weight excluding hydrogens is 352 g/mol. The van der Waals surface area contributed by atoms with Crippen molar-refractivity contribution in [3.63, 3.8) is 0 Å². The molecule has 148 valence electrons. The smallest absolute Gasteiger partial charge is 0.250 e. The van der Waals surface area contributed by atoms with Gasteiger partial charge in [-0.2, -0.15) is 0 Å². The van der Waals surface area contributed by atoms with Gasteiger partial charge in [0.05, 0.1) is 0 Å². The topological polar surface area (TPSA) is 54.7 Å². The fraction of sp³-hybridized carbons (Fsp3) is 0.435. The van der Waals surface area contributed by atoms with Gasteiger partial charge in [0.1, 0.15) is 18.5 Å². The normalized spacial score (nSPS) is 22.3. The Balaban J connectivity index is 1.36. The van der Waals surface area contributed by atoms with E-state index < -0.39 is 6.10 Å². The van der Waals surface area contributed by atoms with Crippen LogP contribution in [0.2, 0.25) is 0 Å². The van der Waals surface area contributed by atoms with Crippen molar-refractivity contribution in [2.45, 2.75) is 31.4 Å². The van der Waals surface area contributed by atoms with Crippen molar-refractivity contribution in [3.05, 3.63) is 76.7 Å². The van der Waals surface area contributed by atoms with Gasteiger partial charge in [-0.05, 0) is 36.5 Å². The summed E-state index contributed by atoms with van der Waals surface area (Å²) in [6.45, 7) is 7.23. The van der Waals surface area contributed by atoms with E-state index in [1.165, 1.54) is 0 Å². The van der Waals surface area contributed by atoms with Gasteiger partial charge in [0.2, 0.25) is 0 Å². The number of β-amino-alcohol motifs (C(OH)–C–C–N with tert-alkyl or cyclic N) is 1. The van der Waals surface area contributed by atoms with E-state index in [0.29, 0.717) is 18.4 Å². The van der Waals surface area contributed by atoms with Gasteiger partial charge in [0.15, 0.2) is 0 Å². The average molecular weight is 380 g/mol. The second-order valence-corrected chi connectivity index (χ2v) is 7.98. The van der Waals surface area contributed by atoms with Gasteiger partial charge >= 0.3 is 0 Å². The van der Waals surface area contributed by atoms with Crippen molar-refractivity contribution in [3.8, 4) is 5.75 Å². The molecule has 28 heavy (non-hydrogen) atoms. The second-order valence-electron chi connectivity index (χ2n) is 7.98. The monoisotopic (exact) mass is 380 g/mol. The Hall–Kier alpha value is -2.37. The van der Waals surface area contributed by atoms with Gasteiger partial charge in [-0.1, -0.05) is 30.3 Å². The minimum Gasteiger partial charge on any atom is -0.491 e. The zero-order chi connectivity index (χ0) is 19.5. The van der Waals surface area contributed by atoms with Gasteiger partial charge in [-0.15, -0.1) is 6.58 Å². The lowest BCUT2D eigenvalue weighted by Crippen LogP contribution is -2.49. The molecule has 1 aromatic carbocycles. The number of allylic oxidation sites excluding steroid dienone is 1. The number of ether oxygens (including phenoxy) is 1. The van der Waals surface area contributed by atoms with Crippen LogP contribution in [0.25, 0.3) is 0 Å². The molecule has 3 heterocycles. The Morgan fingerprint density at radius 3 is 2.89 bits per heavy atom. The van der Waals surface area contributed by atoms with Gasteiger partial charge in [0.25, 0.3) is 5.56 Å². The van der Waals surface area contributed by atoms with Crippen LogP contribution in [0.1, 0.15) is 23.6 Å². The van der Waals surface area contributed by atoms with Crippen LogP contribution in [0.5, 0.6) is 5.75 Å². The standard InChI is InChI=1S/C23H28N2O3/c1-2-6-18-7-3-4-9-22(18)28-16-20(26)15-24-12-17-11-19(14-24)21-8-5-10-23(27)25(21)13-17/h2-5,7-10,17,19-20,26H,1,6,11-16H2/t17-,19+,20?/m1/s1. The number of benzene rings is 1. The number of aliphatic hydroxyl groups excluding tert-OH is 1. The average Bonchev–Trinajstić information content (AvgIpc) is 2.68. The van der Waals surface area contributed by atoms with Gasteiger partial charge in [-0.3, -0.25) is 9.69 Å². The van der Waals surface area contributed by atoms with Crippen LogP contribution < -0.4 is 10.3 Å². The van der Waals surface area contributed by atoms with Crippen molar-refractivity contribution < 1.29 is 9.84 Å². The van der Waals surface area contributed by atoms with E-state index >= 15 is 0 Å².